The van der Waals surface area contributed by atoms with Crippen molar-refractivity contribution >= 4 is 56.5 Å². The van der Waals surface area contributed by atoms with Crippen molar-refractivity contribution in [2.24, 2.45) is 20.0 Å². The van der Waals surface area contributed by atoms with Crippen molar-refractivity contribution in [1.29, 1.82) is 0 Å². The van der Waals surface area contributed by atoms with Gasteiger partial charge in [0.2, 0.25) is 22.6 Å². The second kappa shape index (κ2) is 9.43. The molecular formula is C48H46N8+2. The van der Waals surface area contributed by atoms with Crippen molar-refractivity contribution in [3.05, 3.63) is 123 Å². The molecule has 8 heteroatoms. The van der Waals surface area contributed by atoms with Crippen LogP contribution in [0.3, 0.4) is 0 Å². The van der Waals surface area contributed by atoms with Gasteiger partial charge in [-0.15, -0.1) is 9.15 Å². The summed E-state index contributed by atoms with van der Waals surface area (Å²) >= 11 is 0. The summed E-state index contributed by atoms with van der Waals surface area (Å²) in [7, 11) is 0. The average molecular weight is 735 g/mol. The highest BCUT2D eigenvalue weighted by atomic mass is 15.7. The summed E-state index contributed by atoms with van der Waals surface area (Å²) in [6, 6.07) is 2.36. The fourth-order valence-corrected chi connectivity index (χ4v) is 11.5. The van der Waals surface area contributed by atoms with Crippen molar-refractivity contribution in [2.75, 3.05) is 0 Å². The lowest BCUT2D eigenvalue weighted by Crippen LogP contribution is -2.71. The standard InChI is InChI=1S/C48H46N8/c1-17-16-32-33(25(9)18(17)2)41-50-43-36-28(12)21(5)22(6)29(13)37(36)45-52-47-39-31(15)24(8)23(7)30(14)38(39)46-51-44-35-27(11)20(4)19(3)26(10)34(35)42-49-40(32)53(41)48(54(42)44,55(43)45)56(46)47/h16H,1-15H3/q+2/t48-/m0/s1. The minimum absolute atomic E-state index is 0.938. The van der Waals surface area contributed by atoms with Crippen LogP contribution in [-0.4, -0.2) is 41.6 Å². The molecule has 56 heavy (non-hydrogen) atoms. The van der Waals surface area contributed by atoms with Gasteiger partial charge in [-0.05, 0) is 193 Å². The van der Waals surface area contributed by atoms with Gasteiger partial charge in [0.15, 0.2) is 0 Å². The molecule has 8 nitrogen and oxygen atoms in total. The highest BCUT2D eigenvalue weighted by Crippen LogP contribution is 2.55. The number of aliphatic imine (C=N–C) groups is 2. The largest absolute Gasteiger partial charge is 0.404 e. The maximum absolute atomic E-state index is 5.87. The summed E-state index contributed by atoms with van der Waals surface area (Å²) in [5.41, 5.74) is 25.8. The van der Waals surface area contributed by atoms with Crippen molar-refractivity contribution < 1.29 is 9.15 Å². The summed E-state index contributed by atoms with van der Waals surface area (Å²) in [5, 5.41) is 4.73. The van der Waals surface area contributed by atoms with E-state index in [4.69, 9.17) is 20.0 Å². The molecule has 1 atom stereocenters. The third-order valence-corrected chi connectivity index (χ3v) is 15.8. The molecule has 0 fully saturated rings. The van der Waals surface area contributed by atoms with Crippen LogP contribution >= 0.6 is 0 Å². The molecule has 6 aromatic rings. The molecule has 0 unspecified atom stereocenters. The van der Waals surface area contributed by atoms with Gasteiger partial charge in [0.1, 0.15) is 0 Å². The highest BCUT2D eigenvalue weighted by molar-refractivity contribution is 6.22. The predicted molar refractivity (Wildman–Crippen MR) is 225 cm³/mol. The smallest absolute Gasteiger partial charge is 0.192 e. The Morgan fingerprint density at radius 2 is 0.804 bits per heavy atom. The molecule has 0 radical (unpaired) electrons. The van der Waals surface area contributed by atoms with Crippen LogP contribution in [0.1, 0.15) is 106 Å². The normalized spacial score (nSPS) is 18.7. The quantitative estimate of drug-likeness (QED) is 0.141. The summed E-state index contributed by atoms with van der Waals surface area (Å²) in [6.07, 6.45) is 0. The predicted octanol–water partition coefficient (Wildman–Crippen LogP) is 8.33. The first-order valence-electron chi connectivity index (χ1n) is 20.0. The lowest BCUT2D eigenvalue weighted by atomic mass is 9.89. The highest BCUT2D eigenvalue weighted by Gasteiger charge is 2.70. The van der Waals surface area contributed by atoms with Gasteiger partial charge in [0.25, 0.3) is 23.3 Å². The number of hydrogen-bond acceptors (Lipinski definition) is 4. The minimum Gasteiger partial charge on any atom is -0.192 e. The average Bonchev–Trinajstić information content (AvgIpc) is 3.90. The van der Waals surface area contributed by atoms with Crippen molar-refractivity contribution in [3.8, 4) is 0 Å². The number of amidine groups is 4. The Bertz CT molecular complexity index is 3440. The number of hydrogen-bond donors (Lipinski definition) is 0. The number of benzene rings is 4. The molecule has 0 amide bonds. The van der Waals surface area contributed by atoms with E-state index in [1.807, 2.05) is 0 Å². The zero-order valence-electron chi connectivity index (χ0n) is 35.2. The van der Waals surface area contributed by atoms with Crippen LogP contribution in [0.5, 0.6) is 0 Å². The maximum Gasteiger partial charge on any atom is 0.404 e. The monoisotopic (exact) mass is 734 g/mol. The molecule has 0 N–H and O–H groups in total. The van der Waals surface area contributed by atoms with E-state index in [0.717, 1.165) is 51.5 Å². The van der Waals surface area contributed by atoms with Crippen LogP contribution < -0.4 is 11.0 Å². The summed E-state index contributed by atoms with van der Waals surface area (Å²) in [4.78, 5) is 23.4. The molecule has 6 aliphatic heterocycles. The van der Waals surface area contributed by atoms with Gasteiger partial charge in [0, 0.05) is 0 Å². The van der Waals surface area contributed by atoms with Gasteiger partial charge in [-0.1, -0.05) is 20.0 Å². The van der Waals surface area contributed by atoms with Crippen molar-refractivity contribution in [3.63, 3.8) is 0 Å². The van der Waals surface area contributed by atoms with Gasteiger partial charge in [-0.3, -0.25) is 0 Å². The Morgan fingerprint density at radius 1 is 0.393 bits per heavy atom. The first-order chi connectivity index (χ1) is 26.6. The lowest BCUT2D eigenvalue weighted by Gasteiger charge is -2.40. The fourth-order valence-electron chi connectivity index (χ4n) is 11.5. The van der Waals surface area contributed by atoms with Crippen LogP contribution in [0.2, 0.25) is 0 Å². The Labute approximate surface area is 326 Å². The van der Waals surface area contributed by atoms with Crippen LogP contribution in [0.4, 0.5) is 11.6 Å². The van der Waals surface area contributed by atoms with Gasteiger partial charge in [-0.2, -0.15) is 9.13 Å². The molecule has 0 aliphatic carbocycles. The van der Waals surface area contributed by atoms with E-state index in [-0.39, 0.29) is 0 Å². The number of fused-ring (bicyclic) bond motifs is 12. The SMILES string of the molecule is Cc1cc2c(c(C)c1C)C1=Nc3c4c(C)c(C)c(C)c(C)c4c4n3[C@]35n6c(c7c(C)c(C)c(C)c(C)c7c6=NC6=[N+]3C(=N4)c3c(C)c(C)c(C)c(C)c36)=NC2=[N+]15. The zero-order valence-corrected chi connectivity index (χ0v) is 35.2. The zero-order chi connectivity index (χ0) is 39.2. The Kier molecular flexibility index (Phi) is 5.47. The van der Waals surface area contributed by atoms with E-state index in [1.165, 1.54) is 122 Å². The van der Waals surface area contributed by atoms with Crippen LogP contribution in [0.25, 0.3) is 21.5 Å². The molecule has 1 spiro atoms. The summed E-state index contributed by atoms with van der Waals surface area (Å²) < 4.78 is 9.93. The molecular weight excluding hydrogens is 689 g/mol. The minimum atomic E-state index is -1.02. The van der Waals surface area contributed by atoms with Gasteiger partial charge < -0.3 is 0 Å². The Hall–Kier alpha value is -5.76. The van der Waals surface area contributed by atoms with Crippen LogP contribution in [0, 0.1) is 104 Å². The second-order valence-corrected chi connectivity index (χ2v) is 17.6. The fraction of sp³-hybridized carbons (Fsp3) is 0.333. The first-order valence-corrected chi connectivity index (χ1v) is 20.0. The van der Waals surface area contributed by atoms with Gasteiger partial charge in [-0.25, -0.2) is 0 Å². The summed E-state index contributed by atoms with van der Waals surface area (Å²) in [5.74, 6) is 4.67. The van der Waals surface area contributed by atoms with E-state index in [0.29, 0.717) is 0 Å². The second-order valence-electron chi connectivity index (χ2n) is 17.6. The molecule has 4 aromatic carbocycles. The molecule has 0 saturated carbocycles. The third-order valence-electron chi connectivity index (χ3n) is 15.8. The Balaban J connectivity index is 1.46. The molecule has 0 saturated heterocycles. The van der Waals surface area contributed by atoms with E-state index < -0.39 is 5.91 Å². The van der Waals surface area contributed by atoms with Crippen LogP contribution in [0.15, 0.2) is 26.0 Å². The van der Waals surface area contributed by atoms with Gasteiger partial charge in [0.05, 0.1) is 43.8 Å². The first kappa shape index (κ1) is 32.5. The number of aryl methyl sites for hydroxylation is 5. The van der Waals surface area contributed by atoms with Crippen LogP contribution in [-0.2, 0) is 5.91 Å². The number of rotatable bonds is 0. The lowest BCUT2D eigenvalue weighted by molar-refractivity contribution is -0.790. The maximum atomic E-state index is 5.87. The van der Waals surface area contributed by atoms with Crippen molar-refractivity contribution in [1.82, 2.24) is 9.13 Å². The van der Waals surface area contributed by atoms with Gasteiger partial charge >= 0.3 is 5.91 Å². The summed E-state index contributed by atoms with van der Waals surface area (Å²) in [6.45, 7) is 34.0. The third kappa shape index (κ3) is 2.97. The van der Waals surface area contributed by atoms with Crippen molar-refractivity contribution in [2.45, 2.75) is 110 Å². The molecule has 2 aromatic heterocycles. The molecule has 0 bridgehead atoms. The number of nitrogens with zero attached hydrogens (tertiary/aromatic N) is 8. The topological polar surface area (TPSA) is 65.3 Å². The molecule has 12 rings (SSSR count). The Morgan fingerprint density at radius 3 is 1.34 bits per heavy atom. The van der Waals surface area contributed by atoms with E-state index in [1.54, 1.807) is 0 Å². The van der Waals surface area contributed by atoms with E-state index in [9.17, 15) is 0 Å². The number of aromatic nitrogens is 2. The molecule has 6 aliphatic rings. The molecule has 276 valence electrons. The molecule has 8 heterocycles. The van der Waals surface area contributed by atoms with E-state index in [2.05, 4.69) is 128 Å². The van der Waals surface area contributed by atoms with E-state index >= 15 is 0 Å².